The first kappa shape index (κ1) is 13.1. The first-order valence-electron chi connectivity index (χ1n) is 5.91. The third-order valence-corrected chi connectivity index (χ3v) is 4.80. The molecule has 0 fully saturated rings. The second kappa shape index (κ2) is 5.08. The van der Waals surface area contributed by atoms with Gasteiger partial charge < -0.3 is 0 Å². The molecule has 0 N–H and O–H groups in total. The van der Waals surface area contributed by atoms with Gasteiger partial charge in [-0.05, 0) is 31.1 Å². The molecule has 1 heterocycles. The molecule has 2 rings (SSSR count). The molecule has 0 atom stereocenters. The maximum absolute atomic E-state index is 12.5. The van der Waals surface area contributed by atoms with Gasteiger partial charge in [-0.1, -0.05) is 36.4 Å². The van der Waals surface area contributed by atoms with Crippen LogP contribution in [0.25, 0.3) is 0 Å². The molecular weight excluding hydrogens is 246 g/mol. The molecule has 1 aliphatic rings. The molecule has 0 radical (unpaired) electrons. The van der Waals surface area contributed by atoms with E-state index in [-0.39, 0.29) is 0 Å². The molecule has 3 nitrogen and oxygen atoms in total. The molecule has 4 heteroatoms. The van der Waals surface area contributed by atoms with Gasteiger partial charge in [-0.3, -0.25) is 0 Å². The molecule has 1 aromatic carbocycles. The maximum atomic E-state index is 12.5. The lowest BCUT2D eigenvalue weighted by Gasteiger charge is -2.20. The van der Waals surface area contributed by atoms with Gasteiger partial charge in [0, 0.05) is 13.1 Å². The Morgan fingerprint density at radius 2 is 1.89 bits per heavy atom. The first-order chi connectivity index (χ1) is 8.50. The van der Waals surface area contributed by atoms with Crippen LogP contribution >= 0.6 is 0 Å². The summed E-state index contributed by atoms with van der Waals surface area (Å²) < 4.78 is 26.4. The zero-order valence-electron chi connectivity index (χ0n) is 10.5. The number of sulfonamides is 1. The second-order valence-electron chi connectivity index (χ2n) is 4.50. The van der Waals surface area contributed by atoms with Crippen molar-refractivity contribution in [1.82, 2.24) is 4.31 Å². The molecule has 1 aliphatic heterocycles. The SMILES string of the molecule is C=C1C=CCCN(S(=O)(=O)c2ccc(C)cc2)C1. The lowest BCUT2D eigenvalue weighted by molar-refractivity contribution is 0.447. The van der Waals surface area contributed by atoms with Gasteiger partial charge in [0.15, 0.2) is 0 Å². The number of rotatable bonds is 2. The van der Waals surface area contributed by atoms with E-state index in [0.29, 0.717) is 18.0 Å². The fraction of sp³-hybridized carbons (Fsp3) is 0.286. The Hall–Kier alpha value is -1.39. The third-order valence-electron chi connectivity index (χ3n) is 2.94. The van der Waals surface area contributed by atoms with Crippen molar-refractivity contribution in [2.45, 2.75) is 18.2 Å². The van der Waals surface area contributed by atoms with E-state index in [0.717, 1.165) is 17.6 Å². The smallest absolute Gasteiger partial charge is 0.207 e. The molecular formula is C14H17NO2S. The van der Waals surface area contributed by atoms with Crippen molar-refractivity contribution in [2.75, 3.05) is 13.1 Å². The summed E-state index contributed by atoms with van der Waals surface area (Å²) in [5.74, 6) is 0. The normalized spacial score (nSPS) is 17.7. The molecule has 0 saturated heterocycles. The van der Waals surface area contributed by atoms with Crippen molar-refractivity contribution >= 4 is 10.0 Å². The molecule has 0 aromatic heterocycles. The van der Waals surface area contributed by atoms with E-state index >= 15 is 0 Å². The molecule has 0 unspecified atom stereocenters. The van der Waals surface area contributed by atoms with E-state index in [1.54, 1.807) is 12.1 Å². The van der Waals surface area contributed by atoms with Gasteiger partial charge >= 0.3 is 0 Å². The van der Waals surface area contributed by atoms with Crippen molar-refractivity contribution in [3.8, 4) is 0 Å². The van der Waals surface area contributed by atoms with Crippen molar-refractivity contribution in [1.29, 1.82) is 0 Å². The zero-order valence-corrected chi connectivity index (χ0v) is 11.3. The summed E-state index contributed by atoms with van der Waals surface area (Å²) in [6, 6.07) is 6.95. The minimum absolute atomic E-state index is 0.350. The van der Waals surface area contributed by atoms with Crippen LogP contribution in [0.3, 0.4) is 0 Å². The molecule has 0 amide bonds. The summed E-state index contributed by atoms with van der Waals surface area (Å²) in [5.41, 5.74) is 1.87. The van der Waals surface area contributed by atoms with Crippen LogP contribution in [-0.2, 0) is 10.0 Å². The van der Waals surface area contributed by atoms with Crippen LogP contribution in [0, 0.1) is 6.92 Å². The van der Waals surface area contributed by atoms with Gasteiger partial charge in [0.05, 0.1) is 4.90 Å². The minimum atomic E-state index is -3.40. The van der Waals surface area contributed by atoms with Crippen molar-refractivity contribution < 1.29 is 8.42 Å². The Morgan fingerprint density at radius 3 is 2.56 bits per heavy atom. The number of nitrogens with zero attached hydrogens (tertiary/aromatic N) is 1. The van der Waals surface area contributed by atoms with Crippen LogP contribution in [0.2, 0.25) is 0 Å². The van der Waals surface area contributed by atoms with E-state index in [2.05, 4.69) is 6.58 Å². The topological polar surface area (TPSA) is 37.4 Å². The summed E-state index contributed by atoms with van der Waals surface area (Å²) in [6.45, 7) is 6.66. The summed E-state index contributed by atoms with van der Waals surface area (Å²) in [7, 11) is -3.40. The zero-order chi connectivity index (χ0) is 13.2. The van der Waals surface area contributed by atoms with Crippen molar-refractivity contribution in [3.05, 3.63) is 54.1 Å². The fourth-order valence-electron chi connectivity index (χ4n) is 1.89. The van der Waals surface area contributed by atoms with Crippen LogP contribution in [0.15, 0.2) is 53.5 Å². The average Bonchev–Trinajstić information content (AvgIpc) is 2.55. The standard InChI is InChI=1S/C14H17NO2S/c1-12-6-8-14(9-7-12)18(16,17)15-10-4-3-5-13(2)11-15/h3,5-9H,2,4,10-11H2,1H3. The Labute approximate surface area is 108 Å². The quantitative estimate of drug-likeness (QED) is 0.822. The number of benzene rings is 1. The van der Waals surface area contributed by atoms with Gasteiger partial charge in [-0.25, -0.2) is 8.42 Å². The summed E-state index contributed by atoms with van der Waals surface area (Å²) in [4.78, 5) is 0.350. The van der Waals surface area contributed by atoms with Crippen molar-refractivity contribution in [3.63, 3.8) is 0 Å². The van der Waals surface area contributed by atoms with Gasteiger partial charge in [0.1, 0.15) is 0 Å². The van der Waals surface area contributed by atoms with Crippen molar-refractivity contribution in [2.24, 2.45) is 0 Å². The van der Waals surface area contributed by atoms with Crippen LogP contribution in [-0.4, -0.2) is 25.8 Å². The molecule has 0 aliphatic carbocycles. The van der Waals surface area contributed by atoms with Crippen LogP contribution in [0.5, 0.6) is 0 Å². The Morgan fingerprint density at radius 1 is 1.22 bits per heavy atom. The molecule has 18 heavy (non-hydrogen) atoms. The number of hydrogen-bond acceptors (Lipinski definition) is 2. The second-order valence-corrected chi connectivity index (χ2v) is 6.44. The fourth-order valence-corrected chi connectivity index (χ4v) is 3.35. The monoisotopic (exact) mass is 263 g/mol. The first-order valence-corrected chi connectivity index (χ1v) is 7.35. The van der Waals surface area contributed by atoms with E-state index in [1.165, 1.54) is 4.31 Å². The molecule has 0 spiro atoms. The molecule has 0 saturated carbocycles. The molecule has 0 bridgehead atoms. The van der Waals surface area contributed by atoms with E-state index in [9.17, 15) is 8.42 Å². The maximum Gasteiger partial charge on any atom is 0.243 e. The van der Waals surface area contributed by atoms with Crippen LogP contribution < -0.4 is 0 Å². The largest absolute Gasteiger partial charge is 0.243 e. The van der Waals surface area contributed by atoms with Gasteiger partial charge in [-0.15, -0.1) is 0 Å². The number of aryl methyl sites for hydroxylation is 1. The third kappa shape index (κ3) is 2.71. The Bertz CT molecular complexity index is 570. The molecule has 1 aromatic rings. The molecule has 96 valence electrons. The van der Waals surface area contributed by atoms with Gasteiger partial charge in [0.2, 0.25) is 10.0 Å². The van der Waals surface area contributed by atoms with E-state index in [1.807, 2.05) is 31.2 Å². The lowest BCUT2D eigenvalue weighted by Crippen LogP contribution is -2.32. The van der Waals surface area contributed by atoms with E-state index in [4.69, 9.17) is 0 Å². The van der Waals surface area contributed by atoms with Crippen LogP contribution in [0.4, 0.5) is 0 Å². The Kier molecular flexibility index (Phi) is 3.68. The highest BCUT2D eigenvalue weighted by molar-refractivity contribution is 7.89. The Balaban J connectivity index is 2.30. The predicted molar refractivity (Wildman–Crippen MR) is 72.8 cm³/mol. The predicted octanol–water partition coefficient (Wildman–Crippen LogP) is 2.50. The lowest BCUT2D eigenvalue weighted by atomic mass is 10.2. The van der Waals surface area contributed by atoms with Gasteiger partial charge in [-0.2, -0.15) is 4.31 Å². The van der Waals surface area contributed by atoms with Gasteiger partial charge in [0.25, 0.3) is 0 Å². The minimum Gasteiger partial charge on any atom is -0.207 e. The highest BCUT2D eigenvalue weighted by atomic mass is 32.2. The summed E-state index contributed by atoms with van der Waals surface area (Å²) >= 11 is 0. The summed E-state index contributed by atoms with van der Waals surface area (Å²) in [6.07, 6.45) is 4.59. The van der Waals surface area contributed by atoms with E-state index < -0.39 is 10.0 Å². The summed E-state index contributed by atoms with van der Waals surface area (Å²) in [5, 5.41) is 0. The van der Waals surface area contributed by atoms with Crippen LogP contribution in [0.1, 0.15) is 12.0 Å². The average molecular weight is 263 g/mol. The number of hydrogen-bond donors (Lipinski definition) is 0. The highest BCUT2D eigenvalue weighted by Crippen LogP contribution is 2.19. The highest BCUT2D eigenvalue weighted by Gasteiger charge is 2.24.